The zero-order chi connectivity index (χ0) is 28.3. The summed E-state index contributed by atoms with van der Waals surface area (Å²) in [5.41, 5.74) is 3.08. The second-order valence-electron chi connectivity index (χ2n) is 10.6. The largest absolute Gasteiger partial charge is 0.573 e. The molecule has 39 heavy (non-hydrogen) atoms. The van der Waals surface area contributed by atoms with E-state index >= 15 is 0 Å². The summed E-state index contributed by atoms with van der Waals surface area (Å²) in [6.45, 7) is 6.75. The Bertz CT molecular complexity index is 1290. The minimum absolute atomic E-state index is 0.166. The fourth-order valence-corrected chi connectivity index (χ4v) is 5.63. The Morgan fingerprint density at radius 3 is 2.49 bits per heavy atom. The molecule has 3 aromatic rings. The molecule has 0 aliphatic heterocycles. The molecular formula is C29H36F3N3O4. The maximum absolute atomic E-state index is 12.6. The molecule has 0 bridgehead atoms. The minimum Gasteiger partial charge on any atom is -0.496 e. The number of fused-ring (bicyclic) bond motifs is 1. The number of hydrogen-bond donors (Lipinski definition) is 1. The Kier molecular flexibility index (Phi) is 8.61. The summed E-state index contributed by atoms with van der Waals surface area (Å²) in [7, 11) is 2.97. The van der Waals surface area contributed by atoms with Gasteiger partial charge in [-0.2, -0.15) is 0 Å². The average molecular weight is 548 g/mol. The fourth-order valence-electron chi connectivity index (χ4n) is 5.63. The van der Waals surface area contributed by atoms with Crippen LogP contribution in [0, 0.1) is 17.8 Å². The highest BCUT2D eigenvalue weighted by atomic mass is 19.4. The molecule has 1 aliphatic carbocycles. The molecule has 0 unspecified atom stereocenters. The molecule has 1 fully saturated rings. The number of carbonyl (C=O) groups is 1. The maximum Gasteiger partial charge on any atom is 0.573 e. The van der Waals surface area contributed by atoms with Crippen molar-refractivity contribution in [3.63, 3.8) is 0 Å². The lowest BCUT2D eigenvalue weighted by Crippen LogP contribution is -2.30. The third-order valence-corrected chi connectivity index (χ3v) is 7.58. The van der Waals surface area contributed by atoms with Crippen LogP contribution >= 0.6 is 0 Å². The normalized spacial score (nSPS) is 19.8. The first-order valence-electron chi connectivity index (χ1n) is 13.3. The zero-order valence-corrected chi connectivity index (χ0v) is 23.0. The molecule has 3 atom stereocenters. The molecule has 1 aromatic heterocycles. The first-order chi connectivity index (χ1) is 18.5. The predicted molar refractivity (Wildman–Crippen MR) is 143 cm³/mol. The van der Waals surface area contributed by atoms with E-state index in [0.29, 0.717) is 41.6 Å². The van der Waals surface area contributed by atoms with E-state index in [1.807, 2.05) is 12.1 Å². The smallest absolute Gasteiger partial charge is 0.496 e. The number of methoxy groups -OCH3 is 2. The van der Waals surface area contributed by atoms with Gasteiger partial charge in [-0.15, -0.1) is 13.2 Å². The van der Waals surface area contributed by atoms with Crippen LogP contribution in [-0.2, 0) is 16.0 Å². The van der Waals surface area contributed by atoms with E-state index in [1.165, 1.54) is 31.4 Å². The molecule has 0 saturated heterocycles. The van der Waals surface area contributed by atoms with Gasteiger partial charge in [0, 0.05) is 24.2 Å². The molecule has 10 heteroatoms. The summed E-state index contributed by atoms with van der Waals surface area (Å²) < 4.78 is 54.6. The SMILES string of the molecule is COC(=O)CCc1cc2nc(Nc3ccc(OC(F)(F)F)cc3)n([C@@H]3C[C@H](C)CC[C@H]3C(C)C)c2cc1OC. The monoisotopic (exact) mass is 547 g/mol. The number of rotatable bonds is 9. The molecule has 0 spiro atoms. The van der Waals surface area contributed by atoms with Crippen molar-refractivity contribution >= 4 is 28.6 Å². The number of halogens is 3. The molecule has 1 saturated carbocycles. The van der Waals surface area contributed by atoms with E-state index in [1.54, 1.807) is 7.11 Å². The molecule has 2 aromatic carbocycles. The number of ether oxygens (including phenoxy) is 3. The molecule has 0 amide bonds. The van der Waals surface area contributed by atoms with Crippen molar-refractivity contribution in [1.29, 1.82) is 0 Å². The highest BCUT2D eigenvalue weighted by Crippen LogP contribution is 2.45. The fraction of sp³-hybridized carbons (Fsp3) is 0.517. The van der Waals surface area contributed by atoms with Crippen LogP contribution in [0.5, 0.6) is 11.5 Å². The summed E-state index contributed by atoms with van der Waals surface area (Å²) >= 11 is 0. The lowest BCUT2D eigenvalue weighted by molar-refractivity contribution is -0.274. The van der Waals surface area contributed by atoms with Crippen molar-refractivity contribution < 1.29 is 32.2 Å². The Morgan fingerprint density at radius 1 is 1.15 bits per heavy atom. The van der Waals surface area contributed by atoms with Crippen LogP contribution in [0.3, 0.4) is 0 Å². The second-order valence-corrected chi connectivity index (χ2v) is 10.6. The van der Waals surface area contributed by atoms with Crippen molar-refractivity contribution in [2.45, 2.75) is 65.3 Å². The molecule has 1 heterocycles. The second kappa shape index (κ2) is 11.8. The van der Waals surface area contributed by atoms with E-state index < -0.39 is 6.36 Å². The molecule has 4 rings (SSSR count). The number of alkyl halides is 3. The number of carbonyl (C=O) groups excluding carboxylic acids is 1. The minimum atomic E-state index is -4.75. The van der Waals surface area contributed by atoms with E-state index in [4.69, 9.17) is 14.5 Å². The van der Waals surface area contributed by atoms with Gasteiger partial charge in [-0.3, -0.25) is 4.79 Å². The number of hydrogen-bond acceptors (Lipinski definition) is 6. The van der Waals surface area contributed by atoms with Gasteiger partial charge in [-0.05, 0) is 72.9 Å². The molecule has 1 N–H and O–H groups in total. The maximum atomic E-state index is 12.6. The molecule has 7 nitrogen and oxygen atoms in total. The topological polar surface area (TPSA) is 74.6 Å². The first-order valence-corrected chi connectivity index (χ1v) is 13.3. The van der Waals surface area contributed by atoms with Gasteiger partial charge in [0.2, 0.25) is 5.95 Å². The third-order valence-electron chi connectivity index (χ3n) is 7.58. The number of nitrogens with zero attached hydrogens (tertiary/aromatic N) is 2. The first kappa shape index (κ1) is 28.6. The van der Waals surface area contributed by atoms with Crippen LogP contribution in [0.2, 0.25) is 0 Å². The summed E-state index contributed by atoms with van der Waals surface area (Å²) in [5, 5.41) is 3.34. The van der Waals surface area contributed by atoms with Crippen LogP contribution in [0.1, 0.15) is 58.1 Å². The van der Waals surface area contributed by atoms with Crippen molar-refractivity contribution in [3.8, 4) is 11.5 Å². The van der Waals surface area contributed by atoms with Gasteiger partial charge in [0.15, 0.2) is 0 Å². The quantitative estimate of drug-likeness (QED) is 0.281. The van der Waals surface area contributed by atoms with Crippen LogP contribution in [0.4, 0.5) is 24.8 Å². The number of nitrogens with one attached hydrogen (secondary N) is 1. The standard InChI is InChI=1S/C29H36F3N3O4/c1-17(2)22-12-6-18(3)14-24(22)35-25-16-26(37-4)19(7-13-27(36)38-5)15-23(25)34-28(35)33-20-8-10-21(11-9-20)39-29(30,31)32/h8-11,15-18,22,24H,6-7,12-14H2,1-5H3,(H,33,34)/t18-,22+,24-/m1/s1. The number of imidazole rings is 1. The van der Waals surface area contributed by atoms with E-state index in [0.717, 1.165) is 35.9 Å². The lowest BCUT2D eigenvalue weighted by Gasteiger charge is -2.39. The summed E-state index contributed by atoms with van der Waals surface area (Å²) in [5.74, 6) is 2.08. The summed E-state index contributed by atoms with van der Waals surface area (Å²) in [6, 6.07) is 9.70. The lowest BCUT2D eigenvalue weighted by atomic mass is 9.74. The van der Waals surface area contributed by atoms with Gasteiger partial charge in [0.25, 0.3) is 0 Å². The zero-order valence-electron chi connectivity index (χ0n) is 23.0. The predicted octanol–water partition coefficient (Wildman–Crippen LogP) is 7.43. The Morgan fingerprint density at radius 2 is 1.87 bits per heavy atom. The summed E-state index contributed by atoms with van der Waals surface area (Å²) in [4.78, 5) is 16.7. The van der Waals surface area contributed by atoms with Crippen LogP contribution in [0.25, 0.3) is 11.0 Å². The van der Waals surface area contributed by atoms with Gasteiger partial charge in [-0.25, -0.2) is 4.98 Å². The number of aryl methyl sites for hydroxylation is 1. The number of esters is 1. The van der Waals surface area contributed by atoms with Crippen molar-refractivity contribution in [1.82, 2.24) is 9.55 Å². The molecular weight excluding hydrogens is 511 g/mol. The van der Waals surface area contributed by atoms with Gasteiger partial charge >= 0.3 is 12.3 Å². The van der Waals surface area contributed by atoms with Crippen LogP contribution in [-0.4, -0.2) is 36.1 Å². The summed E-state index contributed by atoms with van der Waals surface area (Å²) in [6.07, 6.45) is -0.856. The Hall–Kier alpha value is -3.43. The number of aromatic nitrogens is 2. The van der Waals surface area contributed by atoms with E-state index in [2.05, 4.69) is 35.4 Å². The van der Waals surface area contributed by atoms with Gasteiger partial charge in [0.05, 0.1) is 25.3 Å². The van der Waals surface area contributed by atoms with Gasteiger partial charge < -0.3 is 24.1 Å². The highest BCUT2D eigenvalue weighted by molar-refractivity contribution is 5.83. The number of anilines is 2. The molecule has 0 radical (unpaired) electrons. The number of benzene rings is 2. The molecule has 1 aliphatic rings. The van der Waals surface area contributed by atoms with Crippen molar-refractivity contribution in [2.75, 3.05) is 19.5 Å². The third kappa shape index (κ3) is 6.78. The Labute approximate surface area is 226 Å². The van der Waals surface area contributed by atoms with Gasteiger partial charge in [0.1, 0.15) is 11.5 Å². The van der Waals surface area contributed by atoms with E-state index in [9.17, 15) is 18.0 Å². The molecule has 212 valence electrons. The highest BCUT2D eigenvalue weighted by Gasteiger charge is 2.35. The van der Waals surface area contributed by atoms with E-state index in [-0.39, 0.29) is 24.2 Å². The van der Waals surface area contributed by atoms with Crippen LogP contribution < -0.4 is 14.8 Å². The Balaban J connectivity index is 1.79. The average Bonchev–Trinajstić information content (AvgIpc) is 3.22. The van der Waals surface area contributed by atoms with Crippen LogP contribution in [0.15, 0.2) is 36.4 Å². The van der Waals surface area contributed by atoms with Crippen molar-refractivity contribution in [3.05, 3.63) is 42.0 Å². The van der Waals surface area contributed by atoms with Crippen molar-refractivity contribution in [2.24, 2.45) is 17.8 Å². The van der Waals surface area contributed by atoms with Gasteiger partial charge in [-0.1, -0.05) is 27.2 Å².